The molecule has 0 saturated heterocycles. The number of aromatic nitrogens is 2. The molecule has 1 N–H and O–H groups in total. The van der Waals surface area contributed by atoms with E-state index >= 15 is 0 Å². The van der Waals surface area contributed by atoms with Crippen molar-refractivity contribution in [3.63, 3.8) is 0 Å². The number of methoxy groups -OCH3 is 1. The molecule has 70 valence electrons. The van der Waals surface area contributed by atoms with Crippen LogP contribution in [0.4, 0.5) is 0 Å². The zero-order valence-corrected chi connectivity index (χ0v) is 7.58. The van der Waals surface area contributed by atoms with Gasteiger partial charge in [0.25, 0.3) is 0 Å². The molecule has 0 radical (unpaired) electrons. The predicted molar refractivity (Wildman–Crippen MR) is 44.9 cm³/mol. The van der Waals surface area contributed by atoms with Crippen LogP contribution in [0.25, 0.3) is 0 Å². The lowest BCUT2D eigenvalue weighted by atomic mass is 10.4. The maximum absolute atomic E-state index is 10.3. The lowest BCUT2D eigenvalue weighted by Gasteiger charge is -2.01. The number of rotatable bonds is 3. The lowest BCUT2D eigenvalue weighted by Crippen LogP contribution is -2.05. The molecule has 1 aromatic rings. The van der Waals surface area contributed by atoms with E-state index in [1.54, 1.807) is 0 Å². The van der Waals surface area contributed by atoms with Crippen LogP contribution in [0.1, 0.15) is 5.82 Å². The van der Waals surface area contributed by atoms with E-state index in [2.05, 4.69) is 9.97 Å². The smallest absolute Gasteiger partial charge is 0.311 e. The molecule has 0 amide bonds. The van der Waals surface area contributed by atoms with Gasteiger partial charge in [0, 0.05) is 6.07 Å². The molecule has 0 aliphatic carbocycles. The van der Waals surface area contributed by atoms with Crippen molar-refractivity contribution in [2.24, 2.45) is 0 Å². The van der Waals surface area contributed by atoms with Crippen molar-refractivity contribution >= 4 is 17.6 Å². The predicted octanol–water partition coefficient (Wildman–Crippen LogP) is 0.766. The van der Waals surface area contributed by atoms with Gasteiger partial charge in [-0.1, -0.05) is 11.6 Å². The number of ether oxygens (including phenoxy) is 1. The van der Waals surface area contributed by atoms with Crippen molar-refractivity contribution in [3.05, 3.63) is 17.0 Å². The van der Waals surface area contributed by atoms with Gasteiger partial charge < -0.3 is 9.84 Å². The average Bonchev–Trinajstić information content (AvgIpc) is 2.01. The van der Waals surface area contributed by atoms with E-state index in [1.165, 1.54) is 13.2 Å². The third-order valence-electron chi connectivity index (χ3n) is 1.24. The second-order valence-electron chi connectivity index (χ2n) is 2.22. The summed E-state index contributed by atoms with van der Waals surface area (Å²) in [6.45, 7) is 0. The van der Waals surface area contributed by atoms with Crippen LogP contribution in [0.2, 0.25) is 5.15 Å². The van der Waals surface area contributed by atoms with Crippen LogP contribution in [0.3, 0.4) is 0 Å². The molecule has 1 rings (SSSR count). The van der Waals surface area contributed by atoms with E-state index in [0.717, 1.165) is 0 Å². The second-order valence-corrected chi connectivity index (χ2v) is 2.61. The third kappa shape index (κ3) is 2.87. The minimum atomic E-state index is -1.01. The Balaban J connectivity index is 2.94. The number of carboxylic acid groups (broad SMARTS) is 1. The maximum Gasteiger partial charge on any atom is 0.311 e. The van der Waals surface area contributed by atoms with Gasteiger partial charge in [0.1, 0.15) is 17.4 Å². The number of nitrogens with zero attached hydrogens (tertiary/aromatic N) is 2. The SMILES string of the molecule is COc1cc(Cl)nc(CC(=O)O)n1. The molecule has 0 atom stereocenters. The highest BCUT2D eigenvalue weighted by Gasteiger charge is 2.07. The van der Waals surface area contributed by atoms with E-state index in [1.807, 2.05) is 0 Å². The molecule has 1 heterocycles. The Labute approximate surface area is 79.3 Å². The van der Waals surface area contributed by atoms with Crippen molar-refractivity contribution < 1.29 is 14.6 Å². The van der Waals surface area contributed by atoms with Crippen molar-refractivity contribution in [3.8, 4) is 5.88 Å². The average molecular weight is 203 g/mol. The van der Waals surface area contributed by atoms with Gasteiger partial charge in [0.15, 0.2) is 0 Å². The van der Waals surface area contributed by atoms with Crippen molar-refractivity contribution in [1.29, 1.82) is 0 Å². The number of carbonyl (C=O) groups is 1. The fourth-order valence-electron chi connectivity index (χ4n) is 0.761. The van der Waals surface area contributed by atoms with Gasteiger partial charge in [-0.2, -0.15) is 4.98 Å². The van der Waals surface area contributed by atoms with Crippen LogP contribution in [-0.2, 0) is 11.2 Å². The summed E-state index contributed by atoms with van der Waals surface area (Å²) in [7, 11) is 1.42. The van der Waals surface area contributed by atoms with Crippen LogP contribution in [0, 0.1) is 0 Å². The third-order valence-corrected chi connectivity index (χ3v) is 1.43. The summed E-state index contributed by atoms with van der Waals surface area (Å²) in [5.41, 5.74) is 0. The summed E-state index contributed by atoms with van der Waals surface area (Å²) in [4.78, 5) is 17.8. The number of halogens is 1. The van der Waals surface area contributed by atoms with Gasteiger partial charge in [-0.25, -0.2) is 4.98 Å². The Kier molecular flexibility index (Phi) is 3.02. The quantitative estimate of drug-likeness (QED) is 0.733. The van der Waals surface area contributed by atoms with E-state index in [9.17, 15) is 4.79 Å². The van der Waals surface area contributed by atoms with E-state index < -0.39 is 5.97 Å². The molecule has 13 heavy (non-hydrogen) atoms. The summed E-state index contributed by atoms with van der Waals surface area (Å²) in [6, 6.07) is 1.41. The first-order chi connectivity index (χ1) is 6.11. The van der Waals surface area contributed by atoms with Crippen LogP contribution >= 0.6 is 11.6 Å². The van der Waals surface area contributed by atoms with E-state index in [0.29, 0.717) is 0 Å². The highest BCUT2D eigenvalue weighted by atomic mass is 35.5. The molecule has 1 aromatic heterocycles. The van der Waals surface area contributed by atoms with Gasteiger partial charge in [-0.15, -0.1) is 0 Å². The molecule has 0 aliphatic heterocycles. The summed E-state index contributed by atoms with van der Waals surface area (Å²) in [5.74, 6) is -0.614. The molecule has 0 fully saturated rings. The Hall–Kier alpha value is -1.36. The zero-order valence-electron chi connectivity index (χ0n) is 6.82. The number of hydrogen-bond acceptors (Lipinski definition) is 4. The van der Waals surface area contributed by atoms with E-state index in [4.69, 9.17) is 21.4 Å². The van der Waals surface area contributed by atoms with E-state index in [-0.39, 0.29) is 23.3 Å². The summed E-state index contributed by atoms with van der Waals surface area (Å²) < 4.78 is 4.79. The molecule has 0 aliphatic rings. The van der Waals surface area contributed by atoms with Gasteiger partial charge in [-0.05, 0) is 0 Å². The Morgan fingerprint density at radius 3 is 2.92 bits per heavy atom. The Bertz CT molecular complexity index is 330. The van der Waals surface area contributed by atoms with Gasteiger partial charge in [-0.3, -0.25) is 4.79 Å². The molecule has 0 spiro atoms. The number of aliphatic carboxylic acids is 1. The first-order valence-electron chi connectivity index (χ1n) is 3.41. The largest absolute Gasteiger partial charge is 0.481 e. The van der Waals surface area contributed by atoms with Crippen LogP contribution < -0.4 is 4.74 Å². The molecular weight excluding hydrogens is 196 g/mol. The highest BCUT2D eigenvalue weighted by molar-refractivity contribution is 6.29. The number of hydrogen-bond donors (Lipinski definition) is 1. The molecule has 0 aromatic carbocycles. The Morgan fingerprint density at radius 2 is 2.38 bits per heavy atom. The van der Waals surface area contributed by atoms with Crippen LogP contribution in [0.5, 0.6) is 5.88 Å². The first kappa shape index (κ1) is 9.73. The summed E-state index contributed by atoms with van der Waals surface area (Å²) in [6.07, 6.45) is -0.267. The normalized spacial score (nSPS) is 9.69. The van der Waals surface area contributed by atoms with Crippen molar-refractivity contribution in [2.75, 3.05) is 7.11 Å². The van der Waals surface area contributed by atoms with Gasteiger partial charge >= 0.3 is 5.97 Å². The molecule has 0 saturated carbocycles. The highest BCUT2D eigenvalue weighted by Crippen LogP contribution is 2.13. The second kappa shape index (κ2) is 4.04. The molecule has 0 unspecified atom stereocenters. The first-order valence-corrected chi connectivity index (χ1v) is 3.79. The molecule has 5 nitrogen and oxygen atoms in total. The van der Waals surface area contributed by atoms with Crippen LogP contribution in [0.15, 0.2) is 6.07 Å². The molecular formula is C7H7ClN2O3. The topological polar surface area (TPSA) is 72.3 Å². The minimum Gasteiger partial charge on any atom is -0.481 e. The van der Waals surface area contributed by atoms with Gasteiger partial charge in [0.05, 0.1) is 7.11 Å². The minimum absolute atomic E-state index is 0.136. The van der Waals surface area contributed by atoms with Crippen molar-refractivity contribution in [2.45, 2.75) is 6.42 Å². The van der Waals surface area contributed by atoms with Crippen molar-refractivity contribution in [1.82, 2.24) is 9.97 Å². The standard InChI is InChI=1S/C7H7ClN2O3/c1-13-6-2-4(8)9-5(10-6)3-7(11)12/h2H,3H2,1H3,(H,11,12). The number of carboxylic acids is 1. The maximum atomic E-state index is 10.3. The van der Waals surface area contributed by atoms with Gasteiger partial charge in [0.2, 0.25) is 5.88 Å². The zero-order chi connectivity index (χ0) is 9.84. The fraction of sp³-hybridized carbons (Fsp3) is 0.286. The summed E-state index contributed by atoms with van der Waals surface area (Å²) in [5, 5.41) is 8.63. The lowest BCUT2D eigenvalue weighted by molar-refractivity contribution is -0.136. The molecule has 0 bridgehead atoms. The summed E-state index contributed by atoms with van der Waals surface area (Å²) >= 11 is 5.59. The van der Waals surface area contributed by atoms with Crippen LogP contribution in [-0.4, -0.2) is 28.2 Å². The molecule has 6 heteroatoms. The fourth-order valence-corrected chi connectivity index (χ4v) is 0.952. The Morgan fingerprint density at radius 1 is 1.69 bits per heavy atom. The monoisotopic (exact) mass is 202 g/mol.